The number of halogens is 3. The molecule has 0 aromatic carbocycles. The predicted molar refractivity (Wildman–Crippen MR) is 67.4 cm³/mol. The molecule has 0 saturated carbocycles. The van der Waals surface area contributed by atoms with Gasteiger partial charge < -0.3 is 5.32 Å². The van der Waals surface area contributed by atoms with Gasteiger partial charge in [-0.25, -0.2) is 4.37 Å². The number of nitrogens with zero attached hydrogens (tertiary/aromatic N) is 2. The Hall–Kier alpha value is -1.96. The first kappa shape index (κ1) is 14.4. The monoisotopic (exact) mass is 301 g/mol. The SMILES string of the molecule is O=C(NCCc1cc(C(F)(F)F)ccn1)c1ccns1. The normalized spacial score (nSPS) is 11.3. The summed E-state index contributed by atoms with van der Waals surface area (Å²) in [6.07, 6.45) is -1.53. The minimum atomic E-state index is -4.39. The van der Waals surface area contributed by atoms with E-state index >= 15 is 0 Å². The number of nitrogens with one attached hydrogen (secondary N) is 1. The Bertz CT molecular complexity index is 584. The van der Waals surface area contributed by atoms with E-state index in [9.17, 15) is 18.0 Å². The summed E-state index contributed by atoms with van der Waals surface area (Å²) in [5.74, 6) is -0.292. The fourth-order valence-electron chi connectivity index (χ4n) is 1.52. The highest BCUT2D eigenvalue weighted by Crippen LogP contribution is 2.28. The second-order valence-electron chi connectivity index (χ2n) is 3.92. The molecular formula is C12H10F3N3OS. The Morgan fingerprint density at radius 2 is 2.10 bits per heavy atom. The highest BCUT2D eigenvalue weighted by Gasteiger charge is 2.30. The van der Waals surface area contributed by atoms with Gasteiger partial charge in [-0.05, 0) is 29.7 Å². The van der Waals surface area contributed by atoms with Crippen LogP contribution in [0.5, 0.6) is 0 Å². The topological polar surface area (TPSA) is 54.9 Å². The van der Waals surface area contributed by atoms with Crippen LogP contribution < -0.4 is 5.32 Å². The van der Waals surface area contributed by atoms with Gasteiger partial charge in [-0.15, -0.1) is 0 Å². The van der Waals surface area contributed by atoms with Crippen molar-refractivity contribution >= 4 is 17.4 Å². The Balaban J connectivity index is 1.90. The van der Waals surface area contributed by atoms with Crippen molar-refractivity contribution in [1.29, 1.82) is 0 Å². The average Bonchev–Trinajstić information content (AvgIpc) is 2.92. The van der Waals surface area contributed by atoms with E-state index < -0.39 is 11.7 Å². The van der Waals surface area contributed by atoms with Gasteiger partial charge >= 0.3 is 6.18 Å². The number of alkyl halides is 3. The maximum Gasteiger partial charge on any atom is 0.416 e. The second kappa shape index (κ2) is 6.00. The smallest absolute Gasteiger partial charge is 0.351 e. The maximum atomic E-state index is 12.5. The Labute approximate surface area is 116 Å². The number of hydrogen-bond acceptors (Lipinski definition) is 4. The molecule has 0 bridgehead atoms. The number of hydrogen-bond donors (Lipinski definition) is 1. The summed E-state index contributed by atoms with van der Waals surface area (Å²) in [5.41, 5.74) is -0.458. The van der Waals surface area contributed by atoms with Gasteiger partial charge in [0.2, 0.25) is 0 Å². The summed E-state index contributed by atoms with van der Waals surface area (Å²) in [5, 5.41) is 2.60. The van der Waals surface area contributed by atoms with Crippen LogP contribution in [0.4, 0.5) is 13.2 Å². The van der Waals surface area contributed by atoms with Gasteiger partial charge in [-0.2, -0.15) is 13.2 Å². The zero-order valence-electron chi connectivity index (χ0n) is 10.1. The van der Waals surface area contributed by atoms with Crippen molar-refractivity contribution in [1.82, 2.24) is 14.7 Å². The van der Waals surface area contributed by atoms with Crippen LogP contribution >= 0.6 is 11.5 Å². The molecule has 0 saturated heterocycles. The van der Waals surface area contributed by atoms with Crippen LogP contribution in [0.1, 0.15) is 20.9 Å². The molecule has 0 fully saturated rings. The average molecular weight is 301 g/mol. The number of amides is 1. The molecule has 2 rings (SSSR count). The third-order valence-electron chi connectivity index (χ3n) is 2.47. The summed E-state index contributed by atoms with van der Waals surface area (Å²) in [7, 11) is 0. The van der Waals surface area contributed by atoms with Crippen molar-refractivity contribution in [2.24, 2.45) is 0 Å². The molecule has 1 amide bonds. The van der Waals surface area contributed by atoms with Crippen LogP contribution in [0.15, 0.2) is 30.6 Å². The summed E-state index contributed by atoms with van der Waals surface area (Å²) in [6.45, 7) is 0.213. The predicted octanol–water partition coefficient (Wildman–Crippen LogP) is 2.53. The molecule has 0 unspecified atom stereocenters. The zero-order chi connectivity index (χ0) is 14.6. The molecule has 1 N–H and O–H groups in total. The van der Waals surface area contributed by atoms with Gasteiger partial charge in [-0.3, -0.25) is 9.78 Å². The van der Waals surface area contributed by atoms with E-state index in [1.165, 1.54) is 6.20 Å². The van der Waals surface area contributed by atoms with Crippen molar-refractivity contribution in [3.8, 4) is 0 Å². The lowest BCUT2D eigenvalue weighted by Crippen LogP contribution is -2.25. The molecular weight excluding hydrogens is 291 g/mol. The lowest BCUT2D eigenvalue weighted by atomic mass is 10.2. The first-order valence-electron chi connectivity index (χ1n) is 5.68. The van der Waals surface area contributed by atoms with Gasteiger partial charge in [0.1, 0.15) is 4.88 Å². The molecule has 20 heavy (non-hydrogen) atoms. The van der Waals surface area contributed by atoms with Gasteiger partial charge in [-0.1, -0.05) is 0 Å². The van der Waals surface area contributed by atoms with Crippen molar-refractivity contribution < 1.29 is 18.0 Å². The fraction of sp³-hybridized carbons (Fsp3) is 0.250. The first-order chi connectivity index (χ1) is 9.47. The molecule has 2 aromatic heterocycles. The van der Waals surface area contributed by atoms with E-state index in [0.717, 1.165) is 29.9 Å². The minimum absolute atomic E-state index is 0.213. The van der Waals surface area contributed by atoms with Gasteiger partial charge in [0, 0.05) is 31.1 Å². The van der Waals surface area contributed by atoms with Gasteiger partial charge in [0.25, 0.3) is 5.91 Å². The summed E-state index contributed by atoms with van der Waals surface area (Å²) in [6, 6.07) is 3.47. The molecule has 4 nitrogen and oxygen atoms in total. The third kappa shape index (κ3) is 3.77. The van der Waals surface area contributed by atoms with Crippen molar-refractivity contribution in [2.75, 3.05) is 6.54 Å². The van der Waals surface area contributed by atoms with Crippen molar-refractivity contribution in [3.63, 3.8) is 0 Å². The second-order valence-corrected chi connectivity index (χ2v) is 4.75. The van der Waals surface area contributed by atoms with Crippen LogP contribution in [0.2, 0.25) is 0 Å². The highest BCUT2D eigenvalue weighted by molar-refractivity contribution is 7.08. The first-order valence-corrected chi connectivity index (χ1v) is 6.45. The lowest BCUT2D eigenvalue weighted by Gasteiger charge is -2.08. The molecule has 8 heteroatoms. The van der Waals surface area contributed by atoms with E-state index in [2.05, 4.69) is 14.7 Å². The standard InChI is InChI=1S/C12H10F3N3OS/c13-12(14,15)8-1-4-16-9(7-8)2-5-17-11(19)10-3-6-18-20-10/h1,3-4,6-7H,2,5H2,(H,17,19). The molecule has 0 atom stereocenters. The van der Waals surface area contributed by atoms with E-state index in [4.69, 9.17) is 0 Å². The van der Waals surface area contributed by atoms with Gasteiger partial charge in [0.15, 0.2) is 0 Å². The lowest BCUT2D eigenvalue weighted by molar-refractivity contribution is -0.137. The third-order valence-corrected chi connectivity index (χ3v) is 3.22. The molecule has 106 valence electrons. The largest absolute Gasteiger partial charge is 0.416 e. The molecule has 0 aliphatic rings. The van der Waals surface area contributed by atoms with Crippen LogP contribution in [0, 0.1) is 0 Å². The van der Waals surface area contributed by atoms with Crippen LogP contribution in [0.3, 0.4) is 0 Å². The van der Waals surface area contributed by atoms with E-state index in [-0.39, 0.29) is 24.6 Å². The number of pyridine rings is 1. The van der Waals surface area contributed by atoms with E-state index in [1.807, 2.05) is 0 Å². The van der Waals surface area contributed by atoms with Crippen LogP contribution in [-0.4, -0.2) is 21.8 Å². The van der Waals surface area contributed by atoms with E-state index in [0.29, 0.717) is 4.88 Å². The molecule has 0 aliphatic heterocycles. The number of rotatable bonds is 4. The molecule has 0 aliphatic carbocycles. The van der Waals surface area contributed by atoms with Crippen LogP contribution in [0.25, 0.3) is 0 Å². The zero-order valence-corrected chi connectivity index (χ0v) is 11.0. The number of aromatic nitrogens is 2. The summed E-state index contributed by atoms with van der Waals surface area (Å²) < 4.78 is 41.3. The summed E-state index contributed by atoms with van der Waals surface area (Å²) >= 11 is 1.06. The number of carbonyl (C=O) groups is 1. The van der Waals surface area contributed by atoms with Crippen LogP contribution in [-0.2, 0) is 12.6 Å². The van der Waals surface area contributed by atoms with Gasteiger partial charge in [0.05, 0.1) is 5.56 Å². The fourth-order valence-corrected chi connectivity index (χ4v) is 2.03. The van der Waals surface area contributed by atoms with Crippen molar-refractivity contribution in [2.45, 2.75) is 12.6 Å². The minimum Gasteiger partial charge on any atom is -0.351 e. The molecule has 2 heterocycles. The quantitative estimate of drug-likeness (QED) is 0.944. The number of carbonyl (C=O) groups excluding carboxylic acids is 1. The summed E-state index contributed by atoms with van der Waals surface area (Å²) in [4.78, 5) is 15.9. The van der Waals surface area contributed by atoms with Crippen molar-refractivity contribution in [3.05, 3.63) is 46.7 Å². The Morgan fingerprint density at radius 1 is 1.30 bits per heavy atom. The van der Waals surface area contributed by atoms with E-state index in [1.54, 1.807) is 6.07 Å². The molecule has 2 aromatic rings. The Morgan fingerprint density at radius 3 is 2.75 bits per heavy atom. The molecule has 0 spiro atoms. The molecule has 0 radical (unpaired) electrons. The highest BCUT2D eigenvalue weighted by atomic mass is 32.1. The maximum absolute atomic E-state index is 12.5. The Kier molecular flexibility index (Phi) is 4.33.